The van der Waals surface area contributed by atoms with Gasteiger partial charge in [0.1, 0.15) is 17.4 Å². The number of halogens is 3. The Morgan fingerprint density at radius 3 is 2.22 bits per heavy atom. The molecule has 5 rings (SSSR count). The van der Waals surface area contributed by atoms with Gasteiger partial charge in [0.2, 0.25) is 5.91 Å². The molecule has 2 amide bonds. The van der Waals surface area contributed by atoms with E-state index in [0.29, 0.717) is 29.3 Å². The average Bonchev–Trinajstić information content (AvgIpc) is 3.36. The van der Waals surface area contributed by atoms with Crippen LogP contribution in [0, 0.1) is 5.92 Å². The Hall–Kier alpha value is -4.05. The van der Waals surface area contributed by atoms with Crippen molar-refractivity contribution in [2.75, 3.05) is 16.6 Å². The quantitative estimate of drug-likeness (QED) is 0.444. The molecule has 3 atom stereocenters. The van der Waals surface area contributed by atoms with Crippen LogP contribution in [0.1, 0.15) is 18.5 Å². The number of benzene rings is 3. The van der Waals surface area contributed by atoms with Gasteiger partial charge < -0.3 is 9.47 Å². The number of para-hydroxylation sites is 3. The lowest BCUT2D eigenvalue weighted by molar-refractivity contribution is -0.274. The maximum atomic E-state index is 13.7. The van der Waals surface area contributed by atoms with Gasteiger partial charge in [-0.05, 0) is 48.9 Å². The van der Waals surface area contributed by atoms with E-state index in [-0.39, 0.29) is 0 Å². The first-order chi connectivity index (χ1) is 17.3. The first-order valence-electron chi connectivity index (χ1n) is 11.2. The highest BCUT2D eigenvalue weighted by Gasteiger charge is 2.60. The molecule has 2 aliphatic heterocycles. The van der Waals surface area contributed by atoms with E-state index in [1.807, 2.05) is 0 Å². The van der Waals surface area contributed by atoms with Crippen LogP contribution in [0.4, 0.5) is 24.5 Å². The molecule has 2 fully saturated rings. The summed E-state index contributed by atoms with van der Waals surface area (Å²) in [7, 11) is 0. The standard InChI is InChI=1S/C26H21F3N2O5/c1-2-34-20-11-7-6-10-19(20)30-24(32)21-22(16-12-14-18(15-13-16)35-26(27,28)29)31(36-23(21)25(30)33)17-8-4-3-5-9-17/h3-15,21-23H,2H2,1H3/t21-,22-,23-/m0/s1. The van der Waals surface area contributed by atoms with E-state index in [1.165, 1.54) is 29.3 Å². The lowest BCUT2D eigenvalue weighted by Crippen LogP contribution is -2.37. The fraction of sp³-hybridized carbons (Fsp3) is 0.231. The Balaban J connectivity index is 1.54. The number of imide groups is 1. The normalized spacial score (nSPS) is 21.6. The molecule has 0 saturated carbocycles. The summed E-state index contributed by atoms with van der Waals surface area (Å²) in [6.45, 7) is 2.13. The molecule has 0 aliphatic carbocycles. The Morgan fingerprint density at radius 1 is 0.889 bits per heavy atom. The van der Waals surface area contributed by atoms with Crippen LogP contribution in [0.25, 0.3) is 0 Å². The number of amides is 2. The fourth-order valence-corrected chi connectivity index (χ4v) is 4.58. The summed E-state index contributed by atoms with van der Waals surface area (Å²) in [5.41, 5.74) is 1.39. The molecule has 0 bridgehead atoms. The van der Waals surface area contributed by atoms with Crippen molar-refractivity contribution in [1.29, 1.82) is 0 Å². The number of hydroxylamine groups is 1. The molecule has 36 heavy (non-hydrogen) atoms. The second kappa shape index (κ2) is 9.19. The van der Waals surface area contributed by atoms with Crippen molar-refractivity contribution in [2.24, 2.45) is 5.92 Å². The van der Waals surface area contributed by atoms with E-state index in [2.05, 4.69) is 4.74 Å². The highest BCUT2D eigenvalue weighted by Crippen LogP contribution is 2.48. The van der Waals surface area contributed by atoms with E-state index in [0.717, 1.165) is 4.90 Å². The van der Waals surface area contributed by atoms with Crippen molar-refractivity contribution in [3.63, 3.8) is 0 Å². The van der Waals surface area contributed by atoms with Crippen LogP contribution in [-0.2, 0) is 14.4 Å². The van der Waals surface area contributed by atoms with Gasteiger partial charge in [-0.1, -0.05) is 42.5 Å². The summed E-state index contributed by atoms with van der Waals surface area (Å²) in [4.78, 5) is 34.3. The van der Waals surface area contributed by atoms with E-state index in [1.54, 1.807) is 61.5 Å². The minimum absolute atomic E-state index is 0.311. The van der Waals surface area contributed by atoms with E-state index in [9.17, 15) is 22.8 Å². The third-order valence-corrected chi connectivity index (χ3v) is 5.99. The van der Waals surface area contributed by atoms with E-state index >= 15 is 0 Å². The van der Waals surface area contributed by atoms with Gasteiger partial charge >= 0.3 is 6.36 Å². The number of hydrogen-bond donors (Lipinski definition) is 0. The maximum Gasteiger partial charge on any atom is 0.573 e. The molecule has 3 aromatic rings. The lowest BCUT2D eigenvalue weighted by Gasteiger charge is -2.29. The van der Waals surface area contributed by atoms with Crippen molar-refractivity contribution >= 4 is 23.2 Å². The first-order valence-corrected chi connectivity index (χ1v) is 11.2. The zero-order valence-corrected chi connectivity index (χ0v) is 19.0. The summed E-state index contributed by atoms with van der Waals surface area (Å²) in [6, 6.07) is 20.0. The molecule has 7 nitrogen and oxygen atoms in total. The molecule has 2 heterocycles. The second-order valence-corrected chi connectivity index (χ2v) is 8.19. The molecular weight excluding hydrogens is 477 g/mol. The van der Waals surface area contributed by atoms with Gasteiger partial charge in [-0.2, -0.15) is 0 Å². The van der Waals surface area contributed by atoms with Crippen LogP contribution in [0.5, 0.6) is 11.5 Å². The van der Waals surface area contributed by atoms with Gasteiger partial charge in [0.05, 0.1) is 24.0 Å². The molecule has 10 heteroatoms. The van der Waals surface area contributed by atoms with Crippen molar-refractivity contribution in [3.05, 3.63) is 84.4 Å². The van der Waals surface area contributed by atoms with E-state index in [4.69, 9.17) is 9.57 Å². The van der Waals surface area contributed by atoms with Crippen molar-refractivity contribution < 1.29 is 37.1 Å². The molecule has 3 aromatic carbocycles. The summed E-state index contributed by atoms with van der Waals surface area (Å²) < 4.78 is 47.5. The summed E-state index contributed by atoms with van der Waals surface area (Å²) in [6.07, 6.45) is -5.95. The molecule has 0 N–H and O–H groups in total. The average molecular weight is 498 g/mol. The number of anilines is 2. The third kappa shape index (κ3) is 4.24. The SMILES string of the molecule is CCOc1ccccc1N1C(=O)[C@@H]2[C@H](ON(c3ccccc3)[C@H]2c2ccc(OC(F)(F)F)cc2)C1=O. The van der Waals surface area contributed by atoms with Crippen molar-refractivity contribution in [2.45, 2.75) is 25.4 Å². The van der Waals surface area contributed by atoms with Crippen LogP contribution < -0.4 is 19.4 Å². The number of nitrogens with zero attached hydrogens (tertiary/aromatic N) is 2. The van der Waals surface area contributed by atoms with Crippen molar-refractivity contribution in [1.82, 2.24) is 0 Å². The Morgan fingerprint density at radius 2 is 1.56 bits per heavy atom. The predicted molar refractivity (Wildman–Crippen MR) is 123 cm³/mol. The molecule has 2 saturated heterocycles. The van der Waals surface area contributed by atoms with Crippen LogP contribution in [-0.4, -0.2) is 30.9 Å². The van der Waals surface area contributed by atoms with Gasteiger partial charge in [-0.15, -0.1) is 13.2 Å². The van der Waals surface area contributed by atoms with Gasteiger partial charge in [-0.3, -0.25) is 14.4 Å². The zero-order chi connectivity index (χ0) is 25.4. The molecule has 0 radical (unpaired) electrons. The number of carbonyl (C=O) groups excluding carboxylic acids is 2. The smallest absolute Gasteiger partial charge is 0.492 e. The minimum Gasteiger partial charge on any atom is -0.492 e. The predicted octanol–water partition coefficient (Wildman–Crippen LogP) is 5.04. The number of carbonyl (C=O) groups is 2. The number of hydrogen-bond acceptors (Lipinski definition) is 6. The Bertz CT molecular complexity index is 1270. The number of fused-ring (bicyclic) bond motifs is 1. The molecule has 0 aromatic heterocycles. The highest BCUT2D eigenvalue weighted by molar-refractivity contribution is 6.24. The first kappa shape index (κ1) is 23.7. The van der Waals surface area contributed by atoms with Crippen LogP contribution >= 0.6 is 0 Å². The van der Waals surface area contributed by atoms with Gasteiger partial charge in [0.25, 0.3) is 5.91 Å². The summed E-state index contributed by atoms with van der Waals surface area (Å²) in [5, 5.41) is 1.47. The lowest BCUT2D eigenvalue weighted by atomic mass is 9.90. The molecular formula is C26H21F3N2O5. The number of rotatable bonds is 6. The highest BCUT2D eigenvalue weighted by atomic mass is 19.4. The van der Waals surface area contributed by atoms with Gasteiger partial charge in [0, 0.05) is 0 Å². The molecule has 2 aliphatic rings. The monoisotopic (exact) mass is 498 g/mol. The largest absolute Gasteiger partial charge is 0.573 e. The van der Waals surface area contributed by atoms with Crippen LogP contribution in [0.2, 0.25) is 0 Å². The maximum absolute atomic E-state index is 13.7. The van der Waals surface area contributed by atoms with Gasteiger partial charge in [0.15, 0.2) is 6.10 Å². The topological polar surface area (TPSA) is 68.3 Å². The number of ether oxygens (including phenoxy) is 2. The summed E-state index contributed by atoms with van der Waals surface area (Å²) >= 11 is 0. The number of alkyl halides is 3. The summed E-state index contributed by atoms with van der Waals surface area (Å²) in [5.74, 6) is -1.99. The van der Waals surface area contributed by atoms with E-state index < -0.39 is 42.0 Å². The zero-order valence-electron chi connectivity index (χ0n) is 19.0. The van der Waals surface area contributed by atoms with Crippen molar-refractivity contribution in [3.8, 4) is 11.5 Å². The fourth-order valence-electron chi connectivity index (χ4n) is 4.58. The third-order valence-electron chi connectivity index (χ3n) is 5.99. The Labute approximate surface area is 204 Å². The van der Waals surface area contributed by atoms with Gasteiger partial charge in [-0.25, -0.2) is 9.96 Å². The van der Waals surface area contributed by atoms with Crippen LogP contribution in [0.15, 0.2) is 78.9 Å². The molecule has 0 unspecified atom stereocenters. The second-order valence-electron chi connectivity index (χ2n) is 8.19. The minimum atomic E-state index is -4.83. The molecule has 186 valence electrons. The Kier molecular flexibility index (Phi) is 6.05. The molecule has 0 spiro atoms. The van der Waals surface area contributed by atoms with Crippen LogP contribution in [0.3, 0.4) is 0 Å².